The third kappa shape index (κ3) is 4.81. The third-order valence-corrected chi connectivity index (χ3v) is 3.39. The number of guanidine groups is 1. The molecule has 1 aliphatic carbocycles. The smallest absolute Gasteiger partial charge is 0.191 e. The van der Waals surface area contributed by atoms with Crippen molar-refractivity contribution < 1.29 is 4.42 Å². The SMILES string of the molecule is CN=C(NCCC1=CCCCC1)NCc1ccoc1. The number of nitrogens with one attached hydrogen (secondary N) is 2. The van der Waals surface area contributed by atoms with Gasteiger partial charge in [0.1, 0.15) is 0 Å². The number of hydrogen-bond acceptors (Lipinski definition) is 2. The lowest BCUT2D eigenvalue weighted by Crippen LogP contribution is -2.37. The maximum atomic E-state index is 5.03. The van der Waals surface area contributed by atoms with Gasteiger partial charge in [-0.05, 0) is 38.2 Å². The number of rotatable bonds is 5. The Hall–Kier alpha value is -1.71. The second kappa shape index (κ2) is 7.67. The van der Waals surface area contributed by atoms with E-state index < -0.39 is 0 Å². The zero-order valence-electron chi connectivity index (χ0n) is 11.6. The fourth-order valence-electron chi connectivity index (χ4n) is 2.27. The van der Waals surface area contributed by atoms with Crippen molar-refractivity contribution in [2.45, 2.75) is 38.6 Å². The van der Waals surface area contributed by atoms with Crippen LogP contribution < -0.4 is 10.6 Å². The number of nitrogens with zero attached hydrogens (tertiary/aromatic N) is 1. The van der Waals surface area contributed by atoms with E-state index in [1.54, 1.807) is 25.1 Å². The Morgan fingerprint density at radius 1 is 1.37 bits per heavy atom. The highest BCUT2D eigenvalue weighted by Gasteiger charge is 2.04. The minimum absolute atomic E-state index is 0.735. The summed E-state index contributed by atoms with van der Waals surface area (Å²) in [5.41, 5.74) is 2.71. The summed E-state index contributed by atoms with van der Waals surface area (Å²) in [7, 11) is 1.80. The predicted octanol–water partition coefficient (Wildman–Crippen LogP) is 2.84. The summed E-state index contributed by atoms with van der Waals surface area (Å²) in [5, 5.41) is 6.62. The minimum atomic E-state index is 0.735. The fraction of sp³-hybridized carbons (Fsp3) is 0.533. The molecular formula is C15H23N3O. The van der Waals surface area contributed by atoms with Gasteiger partial charge in [0.15, 0.2) is 5.96 Å². The number of allylic oxidation sites excluding steroid dienone is 1. The van der Waals surface area contributed by atoms with Crippen molar-refractivity contribution in [1.29, 1.82) is 0 Å². The zero-order chi connectivity index (χ0) is 13.3. The Morgan fingerprint density at radius 2 is 2.32 bits per heavy atom. The van der Waals surface area contributed by atoms with Gasteiger partial charge in [-0.15, -0.1) is 0 Å². The van der Waals surface area contributed by atoms with Crippen LogP contribution in [0.15, 0.2) is 39.7 Å². The van der Waals surface area contributed by atoms with Gasteiger partial charge >= 0.3 is 0 Å². The molecule has 2 N–H and O–H groups in total. The van der Waals surface area contributed by atoms with E-state index in [0.717, 1.165) is 31.0 Å². The van der Waals surface area contributed by atoms with Crippen molar-refractivity contribution >= 4 is 5.96 Å². The third-order valence-electron chi connectivity index (χ3n) is 3.39. The lowest BCUT2D eigenvalue weighted by molar-refractivity contribution is 0.563. The largest absolute Gasteiger partial charge is 0.472 e. The fourth-order valence-corrected chi connectivity index (χ4v) is 2.27. The molecule has 0 spiro atoms. The van der Waals surface area contributed by atoms with E-state index in [9.17, 15) is 0 Å². The first-order chi connectivity index (χ1) is 9.38. The molecule has 104 valence electrons. The van der Waals surface area contributed by atoms with E-state index in [4.69, 9.17) is 4.42 Å². The molecule has 0 fully saturated rings. The summed E-state index contributed by atoms with van der Waals surface area (Å²) in [6.07, 6.45) is 12.2. The van der Waals surface area contributed by atoms with Crippen LogP contribution in [0, 0.1) is 0 Å². The second-order valence-corrected chi connectivity index (χ2v) is 4.84. The molecule has 0 saturated heterocycles. The molecule has 1 heterocycles. The lowest BCUT2D eigenvalue weighted by atomic mass is 9.97. The Morgan fingerprint density at radius 3 is 3.00 bits per heavy atom. The topological polar surface area (TPSA) is 49.6 Å². The van der Waals surface area contributed by atoms with Crippen molar-refractivity contribution in [2.75, 3.05) is 13.6 Å². The Kier molecular flexibility index (Phi) is 5.53. The average Bonchev–Trinajstić information content (AvgIpc) is 2.97. The van der Waals surface area contributed by atoms with Crippen molar-refractivity contribution in [3.63, 3.8) is 0 Å². The first kappa shape index (κ1) is 13.7. The molecular weight excluding hydrogens is 238 g/mol. The van der Waals surface area contributed by atoms with Crippen LogP contribution in [0.4, 0.5) is 0 Å². The molecule has 4 nitrogen and oxygen atoms in total. The summed E-state index contributed by atoms with van der Waals surface area (Å²) >= 11 is 0. The van der Waals surface area contributed by atoms with Gasteiger partial charge in [-0.3, -0.25) is 4.99 Å². The molecule has 0 unspecified atom stereocenters. The summed E-state index contributed by atoms with van der Waals surface area (Å²) in [5.74, 6) is 0.845. The van der Waals surface area contributed by atoms with E-state index in [-0.39, 0.29) is 0 Å². The van der Waals surface area contributed by atoms with Crippen molar-refractivity contribution in [1.82, 2.24) is 10.6 Å². The van der Waals surface area contributed by atoms with Crippen LogP contribution in [0.3, 0.4) is 0 Å². The van der Waals surface area contributed by atoms with Gasteiger partial charge in [0.2, 0.25) is 0 Å². The first-order valence-corrected chi connectivity index (χ1v) is 7.02. The van der Waals surface area contributed by atoms with Gasteiger partial charge in [0.25, 0.3) is 0 Å². The van der Waals surface area contributed by atoms with Crippen molar-refractivity contribution in [3.8, 4) is 0 Å². The van der Waals surface area contributed by atoms with E-state index >= 15 is 0 Å². The lowest BCUT2D eigenvalue weighted by Gasteiger charge is -2.15. The molecule has 0 aromatic carbocycles. The summed E-state index contributed by atoms with van der Waals surface area (Å²) in [6.45, 7) is 1.68. The molecule has 0 amide bonds. The average molecular weight is 261 g/mol. The van der Waals surface area contributed by atoms with Gasteiger partial charge in [-0.25, -0.2) is 0 Å². The molecule has 1 aliphatic rings. The molecule has 0 radical (unpaired) electrons. The highest BCUT2D eigenvalue weighted by molar-refractivity contribution is 5.79. The monoisotopic (exact) mass is 261 g/mol. The molecule has 1 aromatic heterocycles. The van der Waals surface area contributed by atoms with Crippen LogP contribution in [-0.4, -0.2) is 19.6 Å². The Labute approximate surface area is 115 Å². The van der Waals surface area contributed by atoms with Crippen LogP contribution in [-0.2, 0) is 6.54 Å². The number of furan rings is 1. The first-order valence-electron chi connectivity index (χ1n) is 7.02. The van der Waals surface area contributed by atoms with Crippen molar-refractivity contribution in [3.05, 3.63) is 35.8 Å². The molecule has 0 saturated carbocycles. The van der Waals surface area contributed by atoms with Gasteiger partial charge in [-0.1, -0.05) is 11.6 Å². The Balaban J connectivity index is 1.66. The molecule has 0 atom stereocenters. The van der Waals surface area contributed by atoms with Crippen LogP contribution in [0.1, 0.15) is 37.7 Å². The van der Waals surface area contributed by atoms with Crippen LogP contribution in [0.5, 0.6) is 0 Å². The van der Waals surface area contributed by atoms with Crippen LogP contribution in [0.2, 0.25) is 0 Å². The molecule has 0 bridgehead atoms. The maximum absolute atomic E-state index is 5.03. The van der Waals surface area contributed by atoms with E-state index in [0.29, 0.717) is 0 Å². The standard InChI is InChI=1S/C15H23N3O/c1-16-15(18-11-14-8-10-19-12-14)17-9-7-13-5-3-2-4-6-13/h5,8,10,12H,2-4,6-7,9,11H2,1H3,(H2,16,17,18). The van der Waals surface area contributed by atoms with Crippen LogP contribution in [0.25, 0.3) is 0 Å². The van der Waals surface area contributed by atoms with E-state index in [1.807, 2.05) is 6.07 Å². The highest BCUT2D eigenvalue weighted by Crippen LogP contribution is 2.19. The van der Waals surface area contributed by atoms with Crippen LogP contribution >= 0.6 is 0 Å². The van der Waals surface area contributed by atoms with Gasteiger partial charge < -0.3 is 15.1 Å². The summed E-state index contributed by atoms with van der Waals surface area (Å²) < 4.78 is 5.03. The van der Waals surface area contributed by atoms with E-state index in [1.165, 1.54) is 25.7 Å². The molecule has 19 heavy (non-hydrogen) atoms. The number of aliphatic imine (C=N–C) groups is 1. The summed E-state index contributed by atoms with van der Waals surface area (Å²) in [4.78, 5) is 4.21. The molecule has 1 aromatic rings. The predicted molar refractivity (Wildman–Crippen MR) is 78.1 cm³/mol. The normalized spacial score (nSPS) is 16.1. The zero-order valence-corrected chi connectivity index (χ0v) is 11.6. The van der Waals surface area contributed by atoms with Gasteiger partial charge in [0.05, 0.1) is 12.5 Å². The quantitative estimate of drug-likeness (QED) is 0.487. The Bertz CT molecular complexity index is 421. The van der Waals surface area contributed by atoms with Gasteiger partial charge in [-0.2, -0.15) is 0 Å². The highest BCUT2D eigenvalue weighted by atomic mass is 16.3. The molecule has 2 rings (SSSR count). The second-order valence-electron chi connectivity index (χ2n) is 4.84. The van der Waals surface area contributed by atoms with Crippen molar-refractivity contribution in [2.24, 2.45) is 4.99 Å². The maximum Gasteiger partial charge on any atom is 0.191 e. The molecule has 4 heteroatoms. The minimum Gasteiger partial charge on any atom is -0.472 e. The molecule has 0 aliphatic heterocycles. The number of hydrogen-bond donors (Lipinski definition) is 2. The summed E-state index contributed by atoms with van der Waals surface area (Å²) in [6, 6.07) is 1.95. The van der Waals surface area contributed by atoms with Gasteiger partial charge in [0, 0.05) is 25.7 Å². The van der Waals surface area contributed by atoms with E-state index in [2.05, 4.69) is 21.7 Å².